The van der Waals surface area contributed by atoms with Crippen LogP contribution < -0.4 is 19.2 Å². The second kappa shape index (κ2) is 69.4. The van der Waals surface area contributed by atoms with Crippen molar-refractivity contribution in [2.24, 2.45) is 0 Å². The van der Waals surface area contributed by atoms with E-state index >= 15 is 0 Å². The van der Waals surface area contributed by atoms with Crippen LogP contribution in [0.4, 0.5) is 0 Å². The summed E-state index contributed by atoms with van der Waals surface area (Å²) < 4.78 is 0. The normalized spacial score (nSPS) is 5.14. The van der Waals surface area contributed by atoms with Crippen LogP contribution in [0, 0.1) is 27.7 Å². The zero-order valence-electron chi connectivity index (χ0n) is 12.9. The molecule has 0 aromatic rings. The Hall–Kier alpha value is 0.990. The first-order chi connectivity index (χ1) is 7.66. The predicted molar refractivity (Wildman–Crippen MR) is 68.0 cm³/mol. The number of hydrogen-bond donors (Lipinski definition) is 0. The van der Waals surface area contributed by atoms with Crippen LogP contribution in [0.5, 0.6) is 0 Å². The quantitative estimate of drug-likeness (QED) is 0.301. The zero-order chi connectivity index (χ0) is 15.3. The van der Waals surface area contributed by atoms with Crippen molar-refractivity contribution in [3.8, 4) is 0 Å². The van der Waals surface area contributed by atoms with Crippen molar-refractivity contribution in [2.45, 2.75) is 0 Å². The van der Waals surface area contributed by atoms with Gasteiger partial charge in [-0.05, 0) is 0 Å². The molecule has 4 nitrogen and oxygen atoms in total. The summed E-state index contributed by atoms with van der Waals surface area (Å²) in [6, 6.07) is 0. The molecule has 0 fully saturated rings. The van der Waals surface area contributed by atoms with Crippen LogP contribution in [-0.2, 0) is 77.9 Å². The Morgan fingerprint density at radius 2 is 0.524 bits per heavy atom. The van der Waals surface area contributed by atoms with Gasteiger partial charge < -0.3 is 28.2 Å². The Balaban J connectivity index is -0.0000000119. The van der Waals surface area contributed by atoms with Gasteiger partial charge in [-0.1, -0.05) is 0 Å². The maximum Gasteiger partial charge on any atom is 2.00 e. The number of allylic oxidation sites excluding steroid dienone is 4. The van der Waals surface area contributed by atoms with E-state index in [1.807, 2.05) is 0 Å². The Morgan fingerprint density at radius 1 is 0.524 bits per heavy atom. The van der Waals surface area contributed by atoms with Crippen LogP contribution in [0.2, 0.25) is 0 Å². The monoisotopic (exact) mass is 512 g/mol. The summed E-state index contributed by atoms with van der Waals surface area (Å²) in [5.41, 5.74) is 0. The minimum Gasteiger partial charge on any atom is -0.894 e. The molecule has 0 heterocycles. The van der Waals surface area contributed by atoms with Crippen LogP contribution >= 0.6 is 0 Å². The smallest absolute Gasteiger partial charge is 0.894 e. The topological polar surface area (TPSA) is 92.2 Å². The minimum absolute atomic E-state index is 0. The standard InChI is InChI=1S/4C3H5.O4Si.4Zn/c4*1-3-2;1-5(2,3)4;;;;/h4*3H,1-2H2;;;;;/q4*-1;-4;4*+2. The third kappa shape index (κ3) is 7720. The first-order valence-electron chi connectivity index (χ1n) is 4.08. The number of rotatable bonds is 0. The van der Waals surface area contributed by atoms with E-state index in [1.165, 1.54) is 24.3 Å². The molecule has 0 saturated carbocycles. The Morgan fingerprint density at radius 3 is 0.524 bits per heavy atom. The summed E-state index contributed by atoms with van der Waals surface area (Å²) >= 11 is 0. The third-order valence-electron chi connectivity index (χ3n) is 0. The molecule has 0 atom stereocenters. The summed E-state index contributed by atoms with van der Waals surface area (Å²) in [5, 5.41) is 0. The molecule has 0 N–H and O–H groups in total. The molecule has 0 aliphatic heterocycles. The molecule has 21 heavy (non-hydrogen) atoms. The van der Waals surface area contributed by atoms with Crippen molar-refractivity contribution < 1.29 is 97.1 Å². The first-order valence-corrected chi connectivity index (χ1v) is 5.72. The second-order valence-corrected chi connectivity index (χ2v) is 2.65. The van der Waals surface area contributed by atoms with E-state index in [9.17, 15) is 0 Å². The average molecular weight is 518 g/mol. The summed E-state index contributed by atoms with van der Waals surface area (Å²) in [7, 11) is -5.61. The molecule has 0 rings (SSSR count). The van der Waals surface area contributed by atoms with E-state index in [4.69, 9.17) is 19.2 Å². The molecule has 0 aliphatic rings. The molecule has 0 amide bonds. The van der Waals surface area contributed by atoms with Gasteiger partial charge in [-0.25, -0.2) is 78.3 Å². The fourth-order valence-corrected chi connectivity index (χ4v) is 0. The van der Waals surface area contributed by atoms with Crippen molar-refractivity contribution in [1.82, 2.24) is 0 Å². The first kappa shape index (κ1) is 57.4. The molecule has 0 aromatic heterocycles. The van der Waals surface area contributed by atoms with E-state index in [1.54, 1.807) is 0 Å². The van der Waals surface area contributed by atoms with Gasteiger partial charge in [-0.15, -0.1) is 0 Å². The molecule has 0 radical (unpaired) electrons. The molecule has 0 saturated heterocycles. The Labute approximate surface area is 183 Å². The van der Waals surface area contributed by atoms with Gasteiger partial charge in [0, 0.05) is 0 Å². The van der Waals surface area contributed by atoms with E-state index in [-0.39, 0.29) is 77.9 Å². The summed E-state index contributed by atoms with van der Waals surface area (Å²) in [6.45, 7) is 26.0. The Kier molecular flexibility index (Phi) is 190. The SMILES string of the molecule is C=C[CH2-].C=C[CH2-].C=C[CH2-].C=C[CH2-].[O-][Si]([O-])([O-])[O-].[Zn+2].[Zn+2].[Zn+2].[Zn+2]. The van der Waals surface area contributed by atoms with Gasteiger partial charge in [0.05, 0.1) is 0 Å². The largest absolute Gasteiger partial charge is 2.00 e. The van der Waals surface area contributed by atoms with Gasteiger partial charge in [0.25, 0.3) is 0 Å². The van der Waals surface area contributed by atoms with Gasteiger partial charge in [-0.2, -0.15) is 0 Å². The van der Waals surface area contributed by atoms with Crippen molar-refractivity contribution in [2.75, 3.05) is 0 Å². The second-order valence-electron chi connectivity index (χ2n) is 1.65. The van der Waals surface area contributed by atoms with Crippen molar-refractivity contribution in [3.05, 3.63) is 78.3 Å². The summed E-state index contributed by atoms with van der Waals surface area (Å²) in [5.74, 6) is 0. The summed E-state index contributed by atoms with van der Waals surface area (Å²) in [6.07, 6.45) is 6.00. The Bertz CT molecular complexity index is 136. The molecule has 0 aromatic carbocycles. The fraction of sp³-hybridized carbons (Fsp3) is 0. The molecule has 0 unspecified atom stereocenters. The van der Waals surface area contributed by atoms with Gasteiger partial charge >= 0.3 is 77.9 Å². The third-order valence-corrected chi connectivity index (χ3v) is 0. The van der Waals surface area contributed by atoms with Gasteiger partial charge in [-0.3, -0.25) is 0 Å². The maximum atomic E-state index is 8.58. The minimum atomic E-state index is -5.61. The van der Waals surface area contributed by atoms with Gasteiger partial charge in [0.15, 0.2) is 0 Å². The summed E-state index contributed by atoms with van der Waals surface area (Å²) in [4.78, 5) is 34.3. The van der Waals surface area contributed by atoms with Crippen LogP contribution in [0.15, 0.2) is 50.6 Å². The molecule has 0 spiro atoms. The average Bonchev–Trinajstić information content (AvgIpc) is 2.04. The molecule has 0 aliphatic carbocycles. The molecule has 9 heteroatoms. The predicted octanol–water partition coefficient (Wildman–Crippen LogP) is -1.12. The van der Waals surface area contributed by atoms with Gasteiger partial charge in [0.1, 0.15) is 0 Å². The van der Waals surface area contributed by atoms with E-state index in [0.29, 0.717) is 0 Å². The van der Waals surface area contributed by atoms with Crippen molar-refractivity contribution >= 4 is 9.05 Å². The molecule has 104 valence electrons. The van der Waals surface area contributed by atoms with E-state index < -0.39 is 9.05 Å². The number of hydrogen-bond acceptors (Lipinski definition) is 4. The van der Waals surface area contributed by atoms with Crippen LogP contribution in [-0.4, -0.2) is 9.05 Å². The fourth-order valence-electron chi connectivity index (χ4n) is 0. The maximum absolute atomic E-state index is 8.58. The molecular weight excluding hydrogens is 498 g/mol. The molecule has 0 bridgehead atoms. The van der Waals surface area contributed by atoms with E-state index in [2.05, 4.69) is 54.0 Å². The zero-order valence-corrected chi connectivity index (χ0v) is 25.8. The van der Waals surface area contributed by atoms with Crippen molar-refractivity contribution in [1.29, 1.82) is 0 Å². The van der Waals surface area contributed by atoms with Crippen LogP contribution in [0.25, 0.3) is 0 Å². The van der Waals surface area contributed by atoms with Crippen LogP contribution in [0.1, 0.15) is 0 Å². The van der Waals surface area contributed by atoms with Crippen molar-refractivity contribution in [3.63, 3.8) is 0 Å². The molecular formula is C12H20O4SiZn4. The van der Waals surface area contributed by atoms with Gasteiger partial charge in [0.2, 0.25) is 0 Å². The van der Waals surface area contributed by atoms with E-state index in [0.717, 1.165) is 0 Å². The van der Waals surface area contributed by atoms with Crippen LogP contribution in [0.3, 0.4) is 0 Å².